The highest BCUT2D eigenvalue weighted by molar-refractivity contribution is 9.11. The van der Waals surface area contributed by atoms with E-state index in [1.165, 1.54) is 0 Å². The molecule has 1 rings (SSSR count). The third kappa shape index (κ3) is 4.02. The Morgan fingerprint density at radius 1 is 1.62 bits per heavy atom. The van der Waals surface area contributed by atoms with Gasteiger partial charge in [0.25, 0.3) is 5.91 Å². The van der Waals surface area contributed by atoms with Crippen LogP contribution in [0.1, 0.15) is 17.4 Å². The van der Waals surface area contributed by atoms with Crippen LogP contribution in [0.15, 0.2) is 29.4 Å². The summed E-state index contributed by atoms with van der Waals surface area (Å²) in [6.07, 6.45) is 1.60. The van der Waals surface area contributed by atoms with Crippen molar-refractivity contribution in [3.05, 3.63) is 35.1 Å². The first-order chi connectivity index (χ1) is 7.63. The number of pyridine rings is 1. The van der Waals surface area contributed by atoms with Gasteiger partial charge in [-0.25, -0.2) is 0 Å². The molecule has 4 nitrogen and oxygen atoms in total. The van der Waals surface area contributed by atoms with Gasteiger partial charge in [-0.05, 0) is 19.1 Å². The van der Waals surface area contributed by atoms with Crippen LogP contribution in [0.5, 0.6) is 0 Å². The Morgan fingerprint density at radius 3 is 3.00 bits per heavy atom. The number of anilines is 1. The Balaban J connectivity index is 2.70. The molecule has 0 saturated carbocycles. The summed E-state index contributed by atoms with van der Waals surface area (Å²) in [5.74, 6) is -0.163. The molecule has 0 aliphatic rings. The first-order valence-electron chi connectivity index (χ1n) is 4.95. The predicted octanol–water partition coefficient (Wildman–Crippen LogP) is 2.15. The minimum absolute atomic E-state index is 0.163. The van der Waals surface area contributed by atoms with E-state index in [-0.39, 0.29) is 5.91 Å². The summed E-state index contributed by atoms with van der Waals surface area (Å²) >= 11 is 3.25. The summed E-state index contributed by atoms with van der Waals surface area (Å²) in [7, 11) is 0. The van der Waals surface area contributed by atoms with Crippen LogP contribution >= 0.6 is 15.9 Å². The molecular formula is C11H14BrN3O. The predicted molar refractivity (Wildman–Crippen MR) is 68.8 cm³/mol. The summed E-state index contributed by atoms with van der Waals surface area (Å²) in [5.41, 5.74) is 1.25. The van der Waals surface area contributed by atoms with E-state index < -0.39 is 0 Å². The molecule has 1 heterocycles. The van der Waals surface area contributed by atoms with Crippen LogP contribution in [-0.2, 0) is 0 Å². The minimum Gasteiger partial charge on any atom is -0.380 e. The van der Waals surface area contributed by atoms with E-state index >= 15 is 0 Å². The van der Waals surface area contributed by atoms with Crippen LogP contribution in [0.4, 0.5) is 5.69 Å². The van der Waals surface area contributed by atoms with Crippen LogP contribution in [0.3, 0.4) is 0 Å². The van der Waals surface area contributed by atoms with E-state index in [2.05, 4.69) is 38.1 Å². The van der Waals surface area contributed by atoms with E-state index in [0.717, 1.165) is 10.2 Å². The van der Waals surface area contributed by atoms with Crippen molar-refractivity contribution in [2.45, 2.75) is 6.92 Å². The van der Waals surface area contributed by atoms with Gasteiger partial charge in [0.15, 0.2) is 0 Å². The fourth-order valence-corrected chi connectivity index (χ4v) is 1.25. The van der Waals surface area contributed by atoms with Crippen molar-refractivity contribution in [3.63, 3.8) is 0 Å². The fraction of sp³-hybridized carbons (Fsp3) is 0.273. The number of hydrogen-bond donors (Lipinski definition) is 2. The number of amides is 1. The average Bonchev–Trinajstić information content (AvgIpc) is 2.27. The maximum absolute atomic E-state index is 11.5. The zero-order chi connectivity index (χ0) is 12.0. The number of halogens is 1. The summed E-state index contributed by atoms with van der Waals surface area (Å²) in [4.78, 5) is 15.5. The zero-order valence-electron chi connectivity index (χ0n) is 9.09. The lowest BCUT2D eigenvalue weighted by atomic mass is 10.3. The molecular weight excluding hydrogens is 270 g/mol. The second-order valence-electron chi connectivity index (χ2n) is 3.16. The zero-order valence-corrected chi connectivity index (χ0v) is 10.7. The quantitative estimate of drug-likeness (QED) is 0.871. The van der Waals surface area contributed by atoms with Gasteiger partial charge in [0.2, 0.25) is 0 Å². The van der Waals surface area contributed by atoms with Crippen molar-refractivity contribution in [1.82, 2.24) is 10.3 Å². The molecule has 0 aliphatic carbocycles. The summed E-state index contributed by atoms with van der Waals surface area (Å²) < 4.78 is 0.851. The molecule has 0 radical (unpaired) electrons. The molecule has 0 aromatic carbocycles. The van der Waals surface area contributed by atoms with Crippen molar-refractivity contribution >= 4 is 27.5 Å². The lowest BCUT2D eigenvalue weighted by Gasteiger charge is -2.06. The van der Waals surface area contributed by atoms with Gasteiger partial charge >= 0.3 is 0 Å². The highest BCUT2D eigenvalue weighted by atomic mass is 79.9. The number of carbonyl (C=O) groups is 1. The molecule has 5 heteroatoms. The van der Waals surface area contributed by atoms with Crippen LogP contribution in [0, 0.1) is 0 Å². The number of aromatic nitrogens is 1. The standard InChI is InChI=1S/C11H14BrN3O/c1-3-13-11(16)10-6-9(4-5-14-10)15-7-8(2)12/h4-6H,2-3,7H2,1H3,(H,13,16)(H,14,15). The summed E-state index contributed by atoms with van der Waals surface area (Å²) in [6.45, 7) is 6.79. The fourth-order valence-electron chi connectivity index (χ4n) is 1.11. The number of rotatable bonds is 5. The maximum atomic E-state index is 11.5. The molecule has 0 aliphatic heterocycles. The molecule has 1 amide bonds. The van der Waals surface area contributed by atoms with Gasteiger partial charge in [0.05, 0.1) is 0 Å². The van der Waals surface area contributed by atoms with Gasteiger partial charge in [0.1, 0.15) is 5.69 Å². The van der Waals surface area contributed by atoms with E-state index in [1.807, 2.05) is 6.92 Å². The molecule has 0 spiro atoms. The smallest absolute Gasteiger partial charge is 0.269 e. The van der Waals surface area contributed by atoms with Gasteiger partial charge in [0, 0.05) is 29.5 Å². The van der Waals surface area contributed by atoms with Gasteiger partial charge < -0.3 is 10.6 Å². The Hall–Kier alpha value is -1.36. The van der Waals surface area contributed by atoms with Crippen molar-refractivity contribution in [2.75, 3.05) is 18.4 Å². The summed E-state index contributed by atoms with van der Waals surface area (Å²) in [6, 6.07) is 3.51. The Bertz CT molecular complexity index is 393. The van der Waals surface area contributed by atoms with Gasteiger partial charge in [-0.3, -0.25) is 9.78 Å². The number of nitrogens with one attached hydrogen (secondary N) is 2. The van der Waals surface area contributed by atoms with Crippen molar-refractivity contribution in [1.29, 1.82) is 0 Å². The Morgan fingerprint density at radius 2 is 2.38 bits per heavy atom. The number of carbonyl (C=O) groups excluding carboxylic acids is 1. The first-order valence-corrected chi connectivity index (χ1v) is 5.74. The monoisotopic (exact) mass is 283 g/mol. The molecule has 0 atom stereocenters. The summed E-state index contributed by atoms with van der Waals surface area (Å²) in [5, 5.41) is 5.81. The van der Waals surface area contributed by atoms with Gasteiger partial charge in [-0.1, -0.05) is 22.5 Å². The second kappa shape index (κ2) is 6.27. The van der Waals surface area contributed by atoms with Gasteiger partial charge in [-0.2, -0.15) is 0 Å². The van der Waals surface area contributed by atoms with E-state index in [4.69, 9.17) is 0 Å². The third-order valence-electron chi connectivity index (χ3n) is 1.81. The number of nitrogens with zero attached hydrogens (tertiary/aromatic N) is 1. The molecule has 16 heavy (non-hydrogen) atoms. The van der Waals surface area contributed by atoms with E-state index in [1.54, 1.807) is 18.3 Å². The highest BCUT2D eigenvalue weighted by Gasteiger charge is 2.05. The minimum atomic E-state index is -0.163. The lowest BCUT2D eigenvalue weighted by molar-refractivity contribution is 0.0951. The van der Waals surface area contributed by atoms with Crippen molar-refractivity contribution in [2.24, 2.45) is 0 Å². The molecule has 2 N–H and O–H groups in total. The molecule has 1 aromatic heterocycles. The van der Waals surface area contributed by atoms with E-state index in [0.29, 0.717) is 18.8 Å². The topological polar surface area (TPSA) is 54.0 Å². The molecule has 0 bridgehead atoms. The van der Waals surface area contributed by atoms with Gasteiger partial charge in [-0.15, -0.1) is 0 Å². The molecule has 0 saturated heterocycles. The van der Waals surface area contributed by atoms with Crippen LogP contribution in [0.25, 0.3) is 0 Å². The second-order valence-corrected chi connectivity index (χ2v) is 4.28. The molecule has 86 valence electrons. The molecule has 0 fully saturated rings. The average molecular weight is 284 g/mol. The largest absolute Gasteiger partial charge is 0.380 e. The maximum Gasteiger partial charge on any atom is 0.269 e. The van der Waals surface area contributed by atoms with Crippen LogP contribution < -0.4 is 10.6 Å². The highest BCUT2D eigenvalue weighted by Crippen LogP contribution is 2.10. The van der Waals surface area contributed by atoms with Crippen molar-refractivity contribution in [3.8, 4) is 0 Å². The molecule has 0 unspecified atom stereocenters. The third-order valence-corrected chi connectivity index (χ3v) is 2.09. The molecule has 1 aromatic rings. The lowest BCUT2D eigenvalue weighted by Crippen LogP contribution is -2.23. The SMILES string of the molecule is C=C(Br)CNc1ccnc(C(=O)NCC)c1. The first kappa shape index (κ1) is 12.7. The van der Waals surface area contributed by atoms with Crippen LogP contribution in [-0.4, -0.2) is 24.0 Å². The number of hydrogen-bond acceptors (Lipinski definition) is 3. The van der Waals surface area contributed by atoms with Crippen molar-refractivity contribution < 1.29 is 4.79 Å². The van der Waals surface area contributed by atoms with E-state index in [9.17, 15) is 4.79 Å². The normalized spacial score (nSPS) is 9.62. The Kier molecular flexibility index (Phi) is 4.98. The Labute approximate surface area is 103 Å². The van der Waals surface area contributed by atoms with Crippen LogP contribution in [0.2, 0.25) is 0 Å².